The second-order valence-electron chi connectivity index (χ2n) is 6.86. The van der Waals surface area contributed by atoms with Gasteiger partial charge in [0.05, 0.1) is 19.3 Å². The summed E-state index contributed by atoms with van der Waals surface area (Å²) in [5.74, 6) is 0.638. The molecule has 2 unspecified atom stereocenters. The molecule has 1 aromatic heterocycles. The quantitative estimate of drug-likeness (QED) is 0.762. The van der Waals surface area contributed by atoms with Crippen molar-refractivity contribution in [3.8, 4) is 5.75 Å². The van der Waals surface area contributed by atoms with Crippen LogP contribution in [0.25, 0.3) is 0 Å². The minimum Gasteiger partial charge on any atom is -0.497 e. The van der Waals surface area contributed by atoms with E-state index in [0.29, 0.717) is 24.5 Å². The van der Waals surface area contributed by atoms with Crippen molar-refractivity contribution < 1.29 is 18.3 Å². The van der Waals surface area contributed by atoms with Crippen LogP contribution in [0.3, 0.4) is 0 Å². The number of urea groups is 1. The maximum atomic E-state index is 12.9. The summed E-state index contributed by atoms with van der Waals surface area (Å²) < 4.78 is 35.1. The highest BCUT2D eigenvalue weighted by atomic mass is 32.1. The lowest BCUT2D eigenvalue weighted by atomic mass is 9.86. The average Bonchev–Trinajstić information content (AvgIpc) is 3.07. The number of aromatic nitrogens is 1. The minimum atomic E-state index is -2.38. The van der Waals surface area contributed by atoms with Crippen molar-refractivity contribution in [2.75, 3.05) is 32.1 Å². The Hall–Kier alpha value is -2.26. The molecular weight excluding hydrogens is 386 g/mol. The van der Waals surface area contributed by atoms with Gasteiger partial charge in [-0.05, 0) is 48.6 Å². The first kappa shape index (κ1) is 20.5. The number of ether oxygens (including phenoxy) is 1. The Morgan fingerprint density at radius 2 is 2.14 bits per heavy atom. The maximum Gasteiger partial charge on any atom is 0.320 e. The van der Waals surface area contributed by atoms with Crippen molar-refractivity contribution in [2.45, 2.75) is 31.7 Å². The highest BCUT2D eigenvalue weighted by Crippen LogP contribution is 2.29. The molecule has 9 heteroatoms. The molecular formula is C19H24F2N4O2S. The Labute approximate surface area is 167 Å². The van der Waals surface area contributed by atoms with Crippen molar-refractivity contribution >= 4 is 22.6 Å². The Bertz CT molecular complexity index is 784. The smallest absolute Gasteiger partial charge is 0.320 e. The van der Waals surface area contributed by atoms with Gasteiger partial charge in [-0.2, -0.15) is 4.37 Å². The van der Waals surface area contributed by atoms with Crippen molar-refractivity contribution in [1.82, 2.24) is 14.6 Å². The lowest BCUT2D eigenvalue weighted by molar-refractivity contribution is 0.0676. The van der Waals surface area contributed by atoms with Gasteiger partial charge in [0.25, 0.3) is 6.43 Å². The van der Waals surface area contributed by atoms with Crippen molar-refractivity contribution in [1.29, 1.82) is 0 Å². The summed E-state index contributed by atoms with van der Waals surface area (Å²) in [6, 6.07) is 8.88. The topological polar surface area (TPSA) is 66.5 Å². The van der Waals surface area contributed by atoms with E-state index in [1.807, 2.05) is 31.2 Å². The second-order valence-corrected chi connectivity index (χ2v) is 7.66. The SMILES string of the molecule is COc1ccc(C2CN(CC(F)F)CCC2NC(=O)Nc2cc(C)ns2)cc1. The first-order valence-electron chi connectivity index (χ1n) is 9.10. The molecule has 1 aliphatic rings. The monoisotopic (exact) mass is 410 g/mol. The van der Waals surface area contributed by atoms with Crippen LogP contribution in [-0.4, -0.2) is 54.5 Å². The number of amides is 2. The van der Waals surface area contributed by atoms with Gasteiger partial charge in [0.1, 0.15) is 10.8 Å². The Balaban J connectivity index is 1.71. The summed E-state index contributed by atoms with van der Waals surface area (Å²) in [6.07, 6.45) is -1.78. The van der Waals surface area contributed by atoms with Gasteiger partial charge in [-0.1, -0.05) is 12.1 Å². The van der Waals surface area contributed by atoms with Crippen LogP contribution in [-0.2, 0) is 0 Å². The number of alkyl halides is 2. The zero-order valence-corrected chi connectivity index (χ0v) is 16.6. The summed E-state index contributed by atoms with van der Waals surface area (Å²) in [7, 11) is 1.59. The number of hydrogen-bond acceptors (Lipinski definition) is 5. The first-order valence-corrected chi connectivity index (χ1v) is 9.87. The molecule has 1 fully saturated rings. The molecule has 2 N–H and O–H groups in total. The van der Waals surface area contributed by atoms with E-state index in [4.69, 9.17) is 4.74 Å². The highest BCUT2D eigenvalue weighted by molar-refractivity contribution is 7.10. The van der Waals surface area contributed by atoms with E-state index in [1.54, 1.807) is 18.1 Å². The maximum absolute atomic E-state index is 12.9. The number of methoxy groups -OCH3 is 1. The fraction of sp³-hybridized carbons (Fsp3) is 0.474. The van der Waals surface area contributed by atoms with E-state index in [-0.39, 0.29) is 24.5 Å². The van der Waals surface area contributed by atoms with Crippen molar-refractivity contribution in [3.63, 3.8) is 0 Å². The van der Waals surface area contributed by atoms with E-state index in [2.05, 4.69) is 15.0 Å². The number of nitrogens with zero attached hydrogens (tertiary/aromatic N) is 2. The Morgan fingerprint density at radius 1 is 1.39 bits per heavy atom. The predicted octanol–water partition coefficient (Wildman–Crippen LogP) is 3.70. The van der Waals surface area contributed by atoms with E-state index in [1.165, 1.54) is 11.5 Å². The normalized spacial score (nSPS) is 20.2. The number of anilines is 1. The lowest BCUT2D eigenvalue weighted by Crippen LogP contribution is -2.51. The van der Waals surface area contributed by atoms with Crippen molar-refractivity contribution in [2.24, 2.45) is 0 Å². The summed E-state index contributed by atoms with van der Waals surface area (Å²) in [4.78, 5) is 14.2. The van der Waals surface area contributed by atoms with E-state index < -0.39 is 6.43 Å². The summed E-state index contributed by atoms with van der Waals surface area (Å²) in [5, 5.41) is 6.48. The molecule has 2 heterocycles. The van der Waals surface area contributed by atoms with Crippen LogP contribution in [0.1, 0.15) is 23.6 Å². The van der Waals surface area contributed by atoms with E-state index in [9.17, 15) is 13.6 Å². The number of benzene rings is 1. The molecule has 0 radical (unpaired) electrons. The number of halogens is 2. The van der Waals surface area contributed by atoms with Gasteiger partial charge in [-0.15, -0.1) is 0 Å². The number of carbonyl (C=O) groups excluding carboxylic acids is 1. The van der Waals surface area contributed by atoms with Gasteiger partial charge in [0.15, 0.2) is 0 Å². The molecule has 2 atom stereocenters. The minimum absolute atomic E-state index is 0.0904. The van der Waals surface area contributed by atoms with Gasteiger partial charge in [0, 0.05) is 25.0 Å². The molecule has 1 aromatic carbocycles. The van der Waals surface area contributed by atoms with Crippen molar-refractivity contribution in [3.05, 3.63) is 41.6 Å². The fourth-order valence-corrected chi connectivity index (χ4v) is 4.14. The summed E-state index contributed by atoms with van der Waals surface area (Å²) in [6.45, 7) is 2.58. The molecule has 0 saturated carbocycles. The first-order chi connectivity index (χ1) is 13.4. The molecule has 2 aromatic rings. The molecule has 1 aliphatic heterocycles. The average molecular weight is 410 g/mol. The standard InChI is InChI=1S/C19H24F2N4O2S/c1-12-9-18(28-24-12)23-19(26)22-16-7-8-25(11-17(20)21)10-15(16)13-3-5-14(27-2)6-4-13/h3-6,9,15-17H,7-8,10-11H2,1-2H3,(H2,22,23,26). The van der Waals surface area contributed by atoms with Crippen LogP contribution < -0.4 is 15.4 Å². The summed E-state index contributed by atoms with van der Waals surface area (Å²) >= 11 is 1.22. The zero-order valence-electron chi connectivity index (χ0n) is 15.8. The van der Waals surface area contributed by atoms with E-state index >= 15 is 0 Å². The molecule has 2 amide bonds. The van der Waals surface area contributed by atoms with Crippen LogP contribution in [0.2, 0.25) is 0 Å². The number of likely N-dealkylation sites (tertiary alicyclic amines) is 1. The fourth-order valence-electron chi connectivity index (χ4n) is 3.48. The van der Waals surface area contributed by atoms with Gasteiger partial charge in [-0.3, -0.25) is 10.2 Å². The van der Waals surface area contributed by atoms with Crippen LogP contribution >= 0.6 is 11.5 Å². The third kappa shape index (κ3) is 5.39. The van der Waals surface area contributed by atoms with Gasteiger partial charge in [-0.25, -0.2) is 13.6 Å². The molecule has 152 valence electrons. The molecule has 1 saturated heterocycles. The predicted molar refractivity (Wildman–Crippen MR) is 106 cm³/mol. The van der Waals surface area contributed by atoms with E-state index in [0.717, 1.165) is 17.0 Å². The molecule has 28 heavy (non-hydrogen) atoms. The van der Waals surface area contributed by atoms with Gasteiger partial charge >= 0.3 is 6.03 Å². The number of hydrogen-bond donors (Lipinski definition) is 2. The third-order valence-corrected chi connectivity index (χ3v) is 5.61. The van der Waals surface area contributed by atoms with Crippen LogP contribution in [0.5, 0.6) is 5.75 Å². The summed E-state index contributed by atoms with van der Waals surface area (Å²) in [5.41, 5.74) is 1.83. The molecule has 6 nitrogen and oxygen atoms in total. The molecule has 0 bridgehead atoms. The van der Waals surface area contributed by atoms with Crippen LogP contribution in [0, 0.1) is 6.92 Å². The molecule has 3 rings (SSSR count). The Morgan fingerprint density at radius 3 is 2.75 bits per heavy atom. The number of nitrogens with one attached hydrogen (secondary N) is 2. The molecule has 0 aliphatic carbocycles. The highest BCUT2D eigenvalue weighted by Gasteiger charge is 2.32. The molecule has 0 spiro atoms. The zero-order chi connectivity index (χ0) is 20.1. The van der Waals surface area contributed by atoms with Crippen LogP contribution in [0.4, 0.5) is 18.6 Å². The third-order valence-electron chi connectivity index (χ3n) is 4.82. The largest absolute Gasteiger partial charge is 0.497 e. The second kappa shape index (κ2) is 9.29. The number of rotatable bonds is 6. The van der Waals surface area contributed by atoms with Gasteiger partial charge < -0.3 is 10.1 Å². The lowest BCUT2D eigenvalue weighted by Gasteiger charge is -2.39. The number of piperidine rings is 1. The van der Waals surface area contributed by atoms with Crippen LogP contribution in [0.15, 0.2) is 30.3 Å². The van der Waals surface area contributed by atoms with Gasteiger partial charge in [0.2, 0.25) is 0 Å². The number of aryl methyl sites for hydroxylation is 1. The number of carbonyl (C=O) groups is 1. The Kier molecular flexibility index (Phi) is 6.79.